The number of ketones is 1. The highest BCUT2D eigenvalue weighted by Crippen LogP contribution is 2.65. The lowest BCUT2D eigenvalue weighted by molar-refractivity contribution is -0.145. The van der Waals surface area contributed by atoms with E-state index in [0.29, 0.717) is 13.0 Å². The number of amides is 4. The first kappa shape index (κ1) is 29.3. The van der Waals surface area contributed by atoms with Crippen LogP contribution in [0.3, 0.4) is 0 Å². The van der Waals surface area contributed by atoms with Gasteiger partial charge in [-0.15, -0.1) is 6.58 Å². The summed E-state index contributed by atoms with van der Waals surface area (Å²) in [5.74, 6) is -2.98. The number of alkyl carbamates (subject to hydrolysis) is 1. The number of piperidine rings is 1. The van der Waals surface area contributed by atoms with E-state index in [-0.39, 0.29) is 23.7 Å². The molecule has 0 aromatic carbocycles. The Morgan fingerprint density at radius 1 is 1.11 bits per heavy atom. The molecule has 4 amide bonds. The second-order valence-corrected chi connectivity index (χ2v) is 12.5. The second kappa shape index (κ2) is 10.2. The maximum atomic E-state index is 13.8. The molecule has 36 heavy (non-hydrogen) atoms. The highest BCUT2D eigenvalue weighted by Gasteiger charge is 2.69. The van der Waals surface area contributed by atoms with Crippen molar-refractivity contribution in [2.24, 2.45) is 28.4 Å². The average molecular weight is 507 g/mol. The lowest BCUT2D eigenvalue weighted by Crippen LogP contribution is -2.60. The van der Waals surface area contributed by atoms with Crippen molar-refractivity contribution in [2.45, 2.75) is 92.0 Å². The fraction of sp³-hybridized carbons (Fsp3) is 0.731. The molecule has 1 unspecified atom stereocenters. The number of hydrogen-bond acceptors (Lipinski definition) is 6. The zero-order valence-electron chi connectivity index (χ0n) is 22.8. The van der Waals surface area contributed by atoms with Crippen molar-refractivity contribution in [3.05, 3.63) is 12.7 Å². The van der Waals surface area contributed by atoms with Crippen LogP contribution in [0, 0.1) is 22.7 Å². The molecule has 0 radical (unpaired) electrons. The van der Waals surface area contributed by atoms with Crippen LogP contribution in [0.25, 0.3) is 0 Å². The van der Waals surface area contributed by atoms with Crippen molar-refractivity contribution in [3.8, 4) is 0 Å². The number of Topliss-reactive ketones (excluding diaryl/α,β-unsaturated/α-hetero) is 1. The smallest absolute Gasteiger partial charge is 0.408 e. The van der Waals surface area contributed by atoms with Crippen molar-refractivity contribution in [1.29, 1.82) is 0 Å². The molecule has 1 aliphatic carbocycles. The van der Waals surface area contributed by atoms with Gasteiger partial charge in [0.2, 0.25) is 17.6 Å². The van der Waals surface area contributed by atoms with Gasteiger partial charge < -0.3 is 26.0 Å². The van der Waals surface area contributed by atoms with E-state index in [1.165, 1.54) is 4.90 Å². The first-order chi connectivity index (χ1) is 16.3. The van der Waals surface area contributed by atoms with Gasteiger partial charge in [-0.05, 0) is 56.3 Å². The summed E-state index contributed by atoms with van der Waals surface area (Å²) in [5, 5.41) is 5.35. The number of likely N-dealkylation sites (tertiary alicyclic amines) is 1. The lowest BCUT2D eigenvalue weighted by Gasteiger charge is -2.38. The number of rotatable bonds is 9. The minimum absolute atomic E-state index is 0.0952. The van der Waals surface area contributed by atoms with E-state index in [2.05, 4.69) is 17.2 Å². The van der Waals surface area contributed by atoms with Gasteiger partial charge in [0.25, 0.3) is 5.91 Å². The van der Waals surface area contributed by atoms with Crippen molar-refractivity contribution in [3.63, 3.8) is 0 Å². The van der Waals surface area contributed by atoms with E-state index in [4.69, 9.17) is 10.5 Å². The summed E-state index contributed by atoms with van der Waals surface area (Å²) in [5.41, 5.74) is 3.60. The van der Waals surface area contributed by atoms with Crippen LogP contribution in [-0.4, -0.2) is 64.8 Å². The van der Waals surface area contributed by atoms with Crippen molar-refractivity contribution in [1.82, 2.24) is 15.5 Å². The number of allylic oxidation sites excluding steroid dienone is 1. The van der Waals surface area contributed by atoms with Crippen LogP contribution >= 0.6 is 0 Å². The summed E-state index contributed by atoms with van der Waals surface area (Å²) in [6.45, 7) is 18.7. The standard InChI is InChI=1S/C26H42N4O6/c1-10-11-12-15(18(31)20(27)32)28-21(33)17-16-14(26(16,8)9)13-30(17)22(34)19(24(2,3)4)29-23(35)36-25(5,6)7/h10,14-17,19H,1,11-13H2,2-9H3,(H2,27,32)(H,28,33)(H,29,35)/t14-,15?,16-,17+,19-/m1/s1. The van der Waals surface area contributed by atoms with E-state index in [9.17, 15) is 24.0 Å². The Morgan fingerprint density at radius 2 is 1.69 bits per heavy atom. The van der Waals surface area contributed by atoms with Gasteiger partial charge in [0, 0.05) is 6.54 Å². The van der Waals surface area contributed by atoms with Gasteiger partial charge in [0.05, 0.1) is 6.04 Å². The number of nitrogens with one attached hydrogen (secondary N) is 2. The number of hydrogen-bond donors (Lipinski definition) is 3. The van der Waals surface area contributed by atoms with Crippen molar-refractivity contribution >= 4 is 29.6 Å². The molecular weight excluding hydrogens is 464 g/mol. The van der Waals surface area contributed by atoms with Gasteiger partial charge in [-0.25, -0.2) is 4.79 Å². The molecule has 1 heterocycles. The van der Waals surface area contributed by atoms with Gasteiger partial charge in [-0.1, -0.05) is 40.7 Å². The number of nitrogens with two attached hydrogens (primary N) is 1. The minimum Gasteiger partial charge on any atom is -0.444 e. The Balaban J connectivity index is 2.32. The molecule has 202 valence electrons. The highest BCUT2D eigenvalue weighted by atomic mass is 16.6. The van der Waals surface area contributed by atoms with Gasteiger partial charge in [-0.2, -0.15) is 0 Å². The number of carbonyl (C=O) groups excluding carboxylic acids is 5. The molecule has 5 atom stereocenters. The van der Waals surface area contributed by atoms with Gasteiger partial charge in [0.1, 0.15) is 17.7 Å². The van der Waals surface area contributed by atoms with Gasteiger partial charge in [0.15, 0.2) is 0 Å². The summed E-state index contributed by atoms with van der Waals surface area (Å²) in [4.78, 5) is 65.2. The van der Waals surface area contributed by atoms with E-state index in [1.807, 2.05) is 34.6 Å². The average Bonchev–Trinajstić information content (AvgIpc) is 3.07. The van der Waals surface area contributed by atoms with Crippen molar-refractivity contribution in [2.75, 3.05) is 6.54 Å². The fourth-order valence-electron chi connectivity index (χ4n) is 5.04. The summed E-state index contributed by atoms with van der Waals surface area (Å²) >= 11 is 0. The number of ether oxygens (including phenoxy) is 1. The Kier molecular flexibility index (Phi) is 8.32. The van der Waals surface area contributed by atoms with E-state index >= 15 is 0 Å². The number of carbonyl (C=O) groups is 5. The molecule has 2 aliphatic rings. The molecule has 0 aromatic heterocycles. The topological polar surface area (TPSA) is 148 Å². The van der Waals surface area contributed by atoms with Crippen LogP contribution in [0.4, 0.5) is 4.79 Å². The summed E-state index contributed by atoms with van der Waals surface area (Å²) < 4.78 is 5.36. The van der Waals surface area contributed by atoms with Crippen LogP contribution < -0.4 is 16.4 Å². The lowest BCUT2D eigenvalue weighted by atomic mass is 9.85. The molecular formula is C26H42N4O6. The molecule has 2 rings (SSSR count). The molecule has 0 bridgehead atoms. The Bertz CT molecular complexity index is 930. The molecule has 10 nitrogen and oxygen atoms in total. The molecule has 0 aromatic rings. The predicted octanol–water partition coefficient (Wildman–Crippen LogP) is 1.91. The zero-order chi connectivity index (χ0) is 27.8. The fourth-order valence-corrected chi connectivity index (χ4v) is 5.04. The maximum absolute atomic E-state index is 13.8. The molecule has 1 saturated carbocycles. The van der Waals surface area contributed by atoms with E-state index in [0.717, 1.165) is 0 Å². The molecule has 4 N–H and O–H groups in total. The van der Waals surface area contributed by atoms with Crippen LogP contribution in [0.5, 0.6) is 0 Å². The first-order valence-corrected chi connectivity index (χ1v) is 12.4. The van der Waals surface area contributed by atoms with Crippen LogP contribution in [0.1, 0.15) is 68.2 Å². The van der Waals surface area contributed by atoms with Gasteiger partial charge >= 0.3 is 6.09 Å². The molecule has 0 spiro atoms. The SMILES string of the molecule is C=CCCC(NC(=O)[C@@H]1[C@H]2[C@@H](CN1C(=O)[C@@H](NC(=O)OC(C)(C)C)C(C)(C)C)C2(C)C)C(=O)C(N)=O. The summed E-state index contributed by atoms with van der Waals surface area (Å²) in [7, 11) is 0. The number of primary amides is 1. The minimum atomic E-state index is -1.14. The summed E-state index contributed by atoms with van der Waals surface area (Å²) in [6, 6.07) is -2.91. The number of fused-ring (bicyclic) bond motifs is 1. The normalized spacial score (nSPS) is 24.1. The van der Waals surface area contributed by atoms with Crippen molar-refractivity contribution < 1.29 is 28.7 Å². The van der Waals surface area contributed by atoms with Gasteiger partial charge in [-0.3, -0.25) is 19.2 Å². The molecule has 1 saturated heterocycles. The van der Waals surface area contributed by atoms with Crippen LogP contribution in [0.2, 0.25) is 0 Å². The summed E-state index contributed by atoms with van der Waals surface area (Å²) in [6.07, 6.45) is 1.41. The second-order valence-electron chi connectivity index (χ2n) is 12.5. The third kappa shape index (κ3) is 6.44. The zero-order valence-corrected chi connectivity index (χ0v) is 22.8. The van der Waals surface area contributed by atoms with E-state index < -0.39 is 58.7 Å². The molecule has 1 aliphatic heterocycles. The third-order valence-electron chi connectivity index (χ3n) is 7.07. The quantitative estimate of drug-likeness (QED) is 0.321. The Hall–Kier alpha value is -2.91. The first-order valence-electron chi connectivity index (χ1n) is 12.4. The monoisotopic (exact) mass is 506 g/mol. The van der Waals surface area contributed by atoms with E-state index in [1.54, 1.807) is 26.8 Å². The number of nitrogens with zero attached hydrogens (tertiary/aromatic N) is 1. The van der Waals surface area contributed by atoms with Crippen LogP contribution in [0.15, 0.2) is 12.7 Å². The molecule has 2 fully saturated rings. The van der Waals surface area contributed by atoms with Crippen LogP contribution in [-0.2, 0) is 23.9 Å². The maximum Gasteiger partial charge on any atom is 0.408 e. The molecule has 10 heteroatoms. The Labute approximate surface area is 213 Å². The third-order valence-corrected chi connectivity index (χ3v) is 7.07. The predicted molar refractivity (Wildman–Crippen MR) is 134 cm³/mol. The highest BCUT2D eigenvalue weighted by molar-refractivity contribution is 6.37. The largest absolute Gasteiger partial charge is 0.444 e. The Morgan fingerprint density at radius 3 is 2.17 bits per heavy atom.